The van der Waals surface area contributed by atoms with Crippen LogP contribution in [0.3, 0.4) is 0 Å². The number of halogens is 1. The second kappa shape index (κ2) is 5.32. The highest BCUT2D eigenvalue weighted by Crippen LogP contribution is 2.16. The molecule has 0 saturated carbocycles. The van der Waals surface area contributed by atoms with Crippen molar-refractivity contribution in [3.8, 4) is 0 Å². The van der Waals surface area contributed by atoms with E-state index in [-0.39, 0.29) is 0 Å². The van der Waals surface area contributed by atoms with Crippen molar-refractivity contribution in [2.75, 3.05) is 0 Å². The van der Waals surface area contributed by atoms with E-state index in [4.69, 9.17) is 0 Å². The summed E-state index contributed by atoms with van der Waals surface area (Å²) in [6.07, 6.45) is 1.91. The molecule has 2 unspecified atom stereocenters. The molecule has 1 aromatic carbocycles. The smallest absolute Gasteiger partial charge is 0.0297 e. The van der Waals surface area contributed by atoms with Crippen LogP contribution in [0.2, 0.25) is 0 Å². The van der Waals surface area contributed by atoms with Gasteiger partial charge in [-0.2, -0.15) is 0 Å². The fraction of sp³-hybridized carbons (Fsp3) is 0.333. The molecule has 14 heavy (non-hydrogen) atoms. The lowest BCUT2D eigenvalue weighted by Crippen LogP contribution is -2.26. The van der Waals surface area contributed by atoms with Gasteiger partial charge in [-0.15, -0.1) is 6.58 Å². The number of nitrogens with one attached hydrogen (secondary N) is 1. The van der Waals surface area contributed by atoms with Crippen LogP contribution in [0.25, 0.3) is 0 Å². The minimum atomic E-state index is 0.341. The van der Waals surface area contributed by atoms with E-state index in [1.54, 1.807) is 0 Å². The van der Waals surface area contributed by atoms with Gasteiger partial charge in [0, 0.05) is 16.6 Å². The van der Waals surface area contributed by atoms with Gasteiger partial charge in [0.05, 0.1) is 0 Å². The SMILES string of the molecule is C=CC(C)NC(C)c1ccc(Br)cc1. The quantitative estimate of drug-likeness (QED) is 0.808. The second-order valence-corrected chi connectivity index (χ2v) is 4.38. The van der Waals surface area contributed by atoms with E-state index in [0.717, 1.165) is 4.47 Å². The standard InChI is InChI=1S/C12H16BrN/c1-4-9(2)14-10(3)11-5-7-12(13)8-6-11/h4-10,14H,1H2,2-3H3. The van der Waals surface area contributed by atoms with Gasteiger partial charge in [0.1, 0.15) is 0 Å². The monoisotopic (exact) mass is 253 g/mol. The molecule has 0 spiro atoms. The Kier molecular flexibility index (Phi) is 4.36. The highest BCUT2D eigenvalue weighted by atomic mass is 79.9. The van der Waals surface area contributed by atoms with Crippen molar-refractivity contribution < 1.29 is 0 Å². The summed E-state index contributed by atoms with van der Waals surface area (Å²) in [7, 11) is 0. The van der Waals surface area contributed by atoms with Gasteiger partial charge in [-0.05, 0) is 31.5 Å². The van der Waals surface area contributed by atoms with Crippen molar-refractivity contribution in [1.29, 1.82) is 0 Å². The van der Waals surface area contributed by atoms with Gasteiger partial charge in [-0.1, -0.05) is 34.1 Å². The van der Waals surface area contributed by atoms with Crippen molar-refractivity contribution in [3.05, 3.63) is 47.0 Å². The predicted molar refractivity (Wildman–Crippen MR) is 65.4 cm³/mol. The maximum Gasteiger partial charge on any atom is 0.0297 e. The van der Waals surface area contributed by atoms with Crippen molar-refractivity contribution in [1.82, 2.24) is 5.32 Å². The third kappa shape index (κ3) is 3.28. The molecule has 2 heteroatoms. The molecule has 1 rings (SSSR count). The van der Waals surface area contributed by atoms with Crippen LogP contribution in [0.4, 0.5) is 0 Å². The van der Waals surface area contributed by atoms with Crippen LogP contribution in [0, 0.1) is 0 Å². The molecule has 1 aromatic rings. The van der Waals surface area contributed by atoms with Gasteiger partial charge in [0.25, 0.3) is 0 Å². The summed E-state index contributed by atoms with van der Waals surface area (Å²) in [5.74, 6) is 0. The van der Waals surface area contributed by atoms with Gasteiger partial charge in [-0.3, -0.25) is 0 Å². The molecule has 0 heterocycles. The topological polar surface area (TPSA) is 12.0 Å². The Morgan fingerprint density at radius 1 is 1.29 bits per heavy atom. The Labute approximate surface area is 94.3 Å². The average molecular weight is 254 g/mol. The van der Waals surface area contributed by atoms with Gasteiger partial charge in [0.2, 0.25) is 0 Å². The minimum Gasteiger partial charge on any atom is -0.304 e. The Hall–Kier alpha value is -0.600. The third-order valence-electron chi connectivity index (χ3n) is 2.24. The van der Waals surface area contributed by atoms with E-state index in [9.17, 15) is 0 Å². The van der Waals surface area contributed by atoms with Crippen molar-refractivity contribution in [2.24, 2.45) is 0 Å². The minimum absolute atomic E-state index is 0.341. The first-order valence-electron chi connectivity index (χ1n) is 4.77. The van der Waals surface area contributed by atoms with E-state index in [1.165, 1.54) is 5.56 Å². The molecule has 0 radical (unpaired) electrons. The number of hydrogen-bond acceptors (Lipinski definition) is 1. The van der Waals surface area contributed by atoms with E-state index >= 15 is 0 Å². The number of rotatable bonds is 4. The summed E-state index contributed by atoms with van der Waals surface area (Å²) in [4.78, 5) is 0. The van der Waals surface area contributed by atoms with Crippen LogP contribution in [-0.2, 0) is 0 Å². The zero-order valence-corrected chi connectivity index (χ0v) is 10.2. The summed E-state index contributed by atoms with van der Waals surface area (Å²) in [6, 6.07) is 9.07. The number of hydrogen-bond donors (Lipinski definition) is 1. The molecule has 0 aliphatic carbocycles. The lowest BCUT2D eigenvalue weighted by Gasteiger charge is -2.17. The zero-order valence-electron chi connectivity index (χ0n) is 8.63. The normalized spacial score (nSPS) is 14.8. The second-order valence-electron chi connectivity index (χ2n) is 3.46. The van der Waals surface area contributed by atoms with Crippen LogP contribution in [0.5, 0.6) is 0 Å². The highest BCUT2D eigenvalue weighted by Gasteiger charge is 2.06. The third-order valence-corrected chi connectivity index (χ3v) is 2.77. The summed E-state index contributed by atoms with van der Waals surface area (Å²) in [5, 5.41) is 3.43. The van der Waals surface area contributed by atoms with Crippen LogP contribution >= 0.6 is 15.9 Å². The van der Waals surface area contributed by atoms with Crippen molar-refractivity contribution in [3.63, 3.8) is 0 Å². The highest BCUT2D eigenvalue weighted by molar-refractivity contribution is 9.10. The molecular formula is C12H16BrN. The van der Waals surface area contributed by atoms with Crippen molar-refractivity contribution in [2.45, 2.75) is 25.9 Å². The van der Waals surface area contributed by atoms with E-state index in [0.29, 0.717) is 12.1 Å². The Morgan fingerprint density at radius 3 is 2.36 bits per heavy atom. The molecule has 0 fully saturated rings. The van der Waals surface area contributed by atoms with E-state index < -0.39 is 0 Å². The first-order valence-corrected chi connectivity index (χ1v) is 5.57. The summed E-state index contributed by atoms with van der Waals surface area (Å²) >= 11 is 3.42. The molecule has 1 N–H and O–H groups in total. The molecule has 0 bridgehead atoms. The van der Waals surface area contributed by atoms with Crippen LogP contribution < -0.4 is 5.32 Å². The van der Waals surface area contributed by atoms with Crippen LogP contribution in [0.1, 0.15) is 25.5 Å². The molecule has 0 aliphatic heterocycles. The summed E-state index contributed by atoms with van der Waals surface area (Å²) < 4.78 is 1.12. The molecule has 0 aromatic heterocycles. The Morgan fingerprint density at radius 2 is 1.86 bits per heavy atom. The first kappa shape index (κ1) is 11.5. The number of benzene rings is 1. The van der Waals surface area contributed by atoms with Crippen LogP contribution in [-0.4, -0.2) is 6.04 Å². The van der Waals surface area contributed by atoms with Gasteiger partial charge in [0.15, 0.2) is 0 Å². The van der Waals surface area contributed by atoms with E-state index in [1.807, 2.05) is 6.08 Å². The molecule has 2 atom stereocenters. The fourth-order valence-electron chi connectivity index (χ4n) is 1.31. The Bertz CT molecular complexity index is 292. The molecular weight excluding hydrogens is 238 g/mol. The van der Waals surface area contributed by atoms with Crippen LogP contribution in [0.15, 0.2) is 41.4 Å². The average Bonchev–Trinajstić information content (AvgIpc) is 2.18. The summed E-state index contributed by atoms with van der Waals surface area (Å²) in [6.45, 7) is 8.01. The zero-order chi connectivity index (χ0) is 10.6. The molecule has 0 saturated heterocycles. The first-order chi connectivity index (χ1) is 6.63. The molecule has 0 amide bonds. The lowest BCUT2D eigenvalue weighted by molar-refractivity contribution is 0.537. The fourth-order valence-corrected chi connectivity index (χ4v) is 1.57. The van der Waals surface area contributed by atoms with Gasteiger partial charge >= 0.3 is 0 Å². The van der Waals surface area contributed by atoms with E-state index in [2.05, 4.69) is 65.9 Å². The molecule has 0 aliphatic rings. The molecule has 76 valence electrons. The van der Waals surface area contributed by atoms with Gasteiger partial charge in [-0.25, -0.2) is 0 Å². The maximum absolute atomic E-state index is 3.75. The van der Waals surface area contributed by atoms with Gasteiger partial charge < -0.3 is 5.32 Å². The Balaban J connectivity index is 2.64. The maximum atomic E-state index is 3.75. The lowest BCUT2D eigenvalue weighted by atomic mass is 10.1. The summed E-state index contributed by atoms with van der Waals surface area (Å²) in [5.41, 5.74) is 1.29. The molecule has 1 nitrogen and oxygen atoms in total. The predicted octanol–water partition coefficient (Wildman–Crippen LogP) is 3.67. The largest absolute Gasteiger partial charge is 0.304 e. The van der Waals surface area contributed by atoms with Crippen molar-refractivity contribution >= 4 is 15.9 Å².